The van der Waals surface area contributed by atoms with Gasteiger partial charge in [0.1, 0.15) is 14.1 Å². The molecule has 0 aliphatic carbocycles. The molecule has 0 fully saturated rings. The highest BCUT2D eigenvalue weighted by atomic mass is 31.2. The summed E-state index contributed by atoms with van der Waals surface area (Å²) in [6.07, 6.45) is 0. The molecule has 102 valence electrons. The summed E-state index contributed by atoms with van der Waals surface area (Å²) >= 11 is 0. The highest BCUT2D eigenvalue weighted by Gasteiger charge is 2.39. The van der Waals surface area contributed by atoms with Gasteiger partial charge in [0.15, 0.2) is 0 Å². The molecule has 0 atom stereocenters. The Morgan fingerprint density at radius 2 is 1.28 bits per heavy atom. The summed E-state index contributed by atoms with van der Waals surface area (Å²) in [7, 11) is 13.4. The molecule has 1 aromatic carbocycles. The van der Waals surface area contributed by atoms with Crippen LogP contribution in [0.25, 0.3) is 0 Å². The van der Waals surface area contributed by atoms with Crippen LogP contribution in [0.1, 0.15) is 0 Å². The van der Waals surface area contributed by atoms with Gasteiger partial charge in [0.2, 0.25) is 0 Å². The molecule has 0 radical (unpaired) electrons. The minimum Gasteiger partial charge on any atom is -0.284 e. The lowest BCUT2D eigenvalue weighted by Crippen LogP contribution is -2.36. The summed E-state index contributed by atoms with van der Waals surface area (Å²) in [5.41, 5.74) is 1.24. The number of hydrogen-bond acceptors (Lipinski definition) is 0. The van der Waals surface area contributed by atoms with Crippen LogP contribution in [0.15, 0.2) is 30.3 Å². The molecule has 0 N–H and O–H groups in total. The smallest absolute Gasteiger partial charge is 0.284 e. The lowest BCUT2D eigenvalue weighted by molar-refractivity contribution is -0.450. The van der Waals surface area contributed by atoms with Crippen LogP contribution in [-0.4, -0.2) is 63.0 Å². The highest BCUT2D eigenvalue weighted by molar-refractivity contribution is 7.60. The van der Waals surface area contributed by atoms with E-state index in [0.717, 1.165) is 0 Å². The zero-order chi connectivity index (χ0) is 13.9. The molecule has 4 nitrogen and oxygen atoms in total. The van der Waals surface area contributed by atoms with Crippen LogP contribution in [0, 0.1) is 0 Å². The van der Waals surface area contributed by atoms with E-state index in [9.17, 15) is 0 Å². The van der Waals surface area contributed by atoms with Gasteiger partial charge in [-0.1, -0.05) is 18.2 Å². The predicted octanol–water partition coefficient (Wildman–Crippen LogP) is 2.46. The van der Waals surface area contributed by atoms with Gasteiger partial charge in [-0.05, 0) is 40.3 Å². The maximum atomic E-state index is 2.38. The average Bonchev–Trinajstić information content (AvgIpc) is 2.29. The summed E-state index contributed by atoms with van der Waals surface area (Å²) in [5, 5.41) is 0. The second-order valence-corrected chi connectivity index (χ2v) is 9.01. The number of benzene rings is 1. The van der Waals surface area contributed by atoms with Crippen LogP contribution in [0.4, 0.5) is 5.69 Å². The van der Waals surface area contributed by atoms with E-state index in [1.165, 1.54) is 5.69 Å². The van der Waals surface area contributed by atoms with E-state index >= 15 is 0 Å². The van der Waals surface area contributed by atoms with Crippen LogP contribution >= 0.6 is 7.51 Å². The summed E-state index contributed by atoms with van der Waals surface area (Å²) < 4.78 is 9.34. The topological polar surface area (TPSA) is 12.7 Å². The number of hydrogen-bond donors (Lipinski definition) is 0. The van der Waals surface area contributed by atoms with Crippen molar-refractivity contribution < 1.29 is 4.33 Å². The van der Waals surface area contributed by atoms with Crippen molar-refractivity contribution in [2.45, 2.75) is 0 Å². The molecule has 0 unspecified atom stereocenters. The van der Waals surface area contributed by atoms with Gasteiger partial charge >= 0.3 is 7.51 Å². The van der Waals surface area contributed by atoms with Gasteiger partial charge in [-0.25, -0.2) is 13.7 Å². The monoisotopic (exact) mass is 269 g/mol. The Kier molecular flexibility index (Phi) is 4.97. The molecular weight excluding hydrogens is 243 g/mol. The van der Waals surface area contributed by atoms with Crippen molar-refractivity contribution in [1.29, 1.82) is 0 Å². The minimum absolute atomic E-state index is 1.24. The molecule has 5 heteroatoms. The Morgan fingerprint density at radius 1 is 0.833 bits per heavy atom. The minimum atomic E-state index is -1.69. The second kappa shape index (κ2) is 5.87. The molecule has 0 saturated heterocycles. The first-order valence-corrected chi connectivity index (χ1v) is 7.66. The Morgan fingerprint density at radius 3 is 1.61 bits per heavy atom. The molecule has 0 aliphatic heterocycles. The van der Waals surface area contributed by atoms with Crippen LogP contribution in [0.2, 0.25) is 0 Å². The van der Waals surface area contributed by atoms with Gasteiger partial charge in [-0.15, -0.1) is 0 Å². The van der Waals surface area contributed by atoms with Gasteiger partial charge < -0.3 is 0 Å². The maximum absolute atomic E-state index is 2.38. The lowest BCUT2D eigenvalue weighted by Gasteiger charge is -2.39. The first kappa shape index (κ1) is 15.2. The van der Waals surface area contributed by atoms with Crippen LogP contribution in [0.3, 0.4) is 0 Å². The molecule has 1 aromatic rings. The second-order valence-electron chi connectivity index (χ2n) is 4.94. The van der Waals surface area contributed by atoms with Crippen LogP contribution < -0.4 is 4.67 Å². The summed E-state index contributed by atoms with van der Waals surface area (Å²) in [6.45, 7) is 0. The van der Waals surface area contributed by atoms with Crippen molar-refractivity contribution in [1.82, 2.24) is 9.34 Å². The van der Waals surface area contributed by atoms with E-state index in [1.54, 1.807) is 0 Å². The molecule has 0 amide bonds. The number of rotatable bonds is 4. The maximum Gasteiger partial charge on any atom is 0.336 e. The van der Waals surface area contributed by atoms with Gasteiger partial charge in [0, 0.05) is 12.7 Å². The normalized spacial score (nSPS) is 12.1. The third kappa shape index (κ3) is 2.46. The highest BCUT2D eigenvalue weighted by Crippen LogP contribution is 2.55. The van der Waals surface area contributed by atoms with E-state index in [1.807, 2.05) is 0 Å². The molecule has 18 heavy (non-hydrogen) atoms. The molecule has 0 bridgehead atoms. The van der Waals surface area contributed by atoms with Crippen LogP contribution in [-0.2, 0) is 0 Å². The Bertz CT molecular complexity index is 424. The molecule has 0 spiro atoms. The van der Waals surface area contributed by atoms with Crippen molar-refractivity contribution in [3.63, 3.8) is 0 Å². The molecule has 0 aromatic heterocycles. The molecule has 1 rings (SSSR count). The zero-order valence-electron chi connectivity index (χ0n) is 12.6. The third-order valence-corrected chi connectivity index (χ3v) is 7.40. The number of anilines is 1. The van der Waals surface area contributed by atoms with Gasteiger partial charge in [0.25, 0.3) is 0 Å². The first-order chi connectivity index (χ1) is 8.35. The van der Waals surface area contributed by atoms with Crippen LogP contribution in [0.5, 0.6) is 0 Å². The van der Waals surface area contributed by atoms with E-state index < -0.39 is 7.51 Å². The lowest BCUT2D eigenvalue weighted by atomic mass is 10.3. The third-order valence-electron chi connectivity index (χ3n) is 3.14. The molecule has 0 heterocycles. The average molecular weight is 269 g/mol. The summed E-state index contributed by atoms with van der Waals surface area (Å²) in [5.74, 6) is 0. The summed E-state index contributed by atoms with van der Waals surface area (Å²) in [6, 6.07) is 10.5. The van der Waals surface area contributed by atoms with E-state index in [4.69, 9.17) is 0 Å². The van der Waals surface area contributed by atoms with Crippen molar-refractivity contribution in [3.8, 4) is 0 Å². The fourth-order valence-corrected chi connectivity index (χ4v) is 6.88. The van der Waals surface area contributed by atoms with E-state index in [2.05, 4.69) is 98.0 Å². The number of para-hydroxylation sites is 1. The Hall–Kier alpha value is -0.830. The quantitative estimate of drug-likeness (QED) is 0.779. The Labute approximate surface area is 112 Å². The van der Waals surface area contributed by atoms with Gasteiger partial charge in [-0.3, -0.25) is 4.67 Å². The van der Waals surface area contributed by atoms with Gasteiger partial charge in [-0.2, -0.15) is 0 Å². The number of nitrogens with zero attached hydrogens (tertiary/aromatic N) is 4. The largest absolute Gasteiger partial charge is 0.336 e. The van der Waals surface area contributed by atoms with Crippen molar-refractivity contribution in [3.05, 3.63) is 30.3 Å². The van der Waals surface area contributed by atoms with Crippen molar-refractivity contribution >= 4 is 13.2 Å². The SMILES string of the molecule is CN(C)P(N(C)C)(N(C)c1ccccc1)=[N+](C)C. The van der Waals surface area contributed by atoms with Gasteiger partial charge in [0.05, 0.1) is 0 Å². The Balaban J connectivity index is 3.43. The summed E-state index contributed by atoms with van der Waals surface area (Å²) in [4.78, 5) is 0. The standard InChI is InChI=1S/C13H26N4P/c1-14(2)18(15(3)4,16(5)6)17(7)13-11-9-8-10-12-13/h8-12H,1-7H3/q+1. The zero-order valence-corrected chi connectivity index (χ0v) is 13.5. The molecule has 0 aliphatic rings. The molecule has 0 saturated carbocycles. The fourth-order valence-electron chi connectivity index (χ4n) is 2.68. The van der Waals surface area contributed by atoms with Crippen molar-refractivity contribution in [2.75, 3.05) is 54.0 Å². The van der Waals surface area contributed by atoms with Crippen molar-refractivity contribution in [2.24, 2.45) is 0 Å². The van der Waals surface area contributed by atoms with E-state index in [0.29, 0.717) is 0 Å². The first-order valence-electron chi connectivity index (χ1n) is 6.06. The predicted molar refractivity (Wildman–Crippen MR) is 81.2 cm³/mol. The molecular formula is C13H26N4P+. The fraction of sp³-hybridized carbons (Fsp3) is 0.538. The van der Waals surface area contributed by atoms with E-state index in [-0.39, 0.29) is 0 Å².